The van der Waals surface area contributed by atoms with Crippen molar-refractivity contribution in [3.8, 4) is 28.4 Å². The Labute approximate surface area is 241 Å². The van der Waals surface area contributed by atoms with E-state index in [0.29, 0.717) is 22.7 Å². The molecule has 3 atom stereocenters. The first-order valence-corrected chi connectivity index (χ1v) is 14.8. The van der Waals surface area contributed by atoms with Crippen molar-refractivity contribution >= 4 is 21.7 Å². The molecule has 0 spiro atoms. The molecule has 1 aliphatic rings. The van der Waals surface area contributed by atoms with E-state index in [1.165, 1.54) is 15.3 Å². The van der Waals surface area contributed by atoms with Gasteiger partial charge in [-0.25, -0.2) is 13.2 Å². The molecule has 0 unspecified atom stereocenters. The average molecular weight is 584 g/mol. The molecule has 0 radical (unpaired) electrons. The van der Waals surface area contributed by atoms with Crippen LogP contribution in [0.5, 0.6) is 17.2 Å². The van der Waals surface area contributed by atoms with E-state index >= 15 is 0 Å². The van der Waals surface area contributed by atoms with E-state index in [1.807, 2.05) is 31.2 Å². The van der Waals surface area contributed by atoms with Crippen LogP contribution in [0.15, 0.2) is 71.6 Å². The fraction of sp³-hybridized carbons (Fsp3) is 0.367. The number of aliphatic hydroxyl groups is 1. The number of amides is 2. The second kappa shape index (κ2) is 12.8. The quantitative estimate of drug-likeness (QED) is 0.406. The lowest BCUT2D eigenvalue weighted by Crippen LogP contribution is -2.50. The van der Waals surface area contributed by atoms with Crippen LogP contribution in [0.2, 0.25) is 0 Å². The third-order valence-electron chi connectivity index (χ3n) is 7.21. The summed E-state index contributed by atoms with van der Waals surface area (Å²) in [5, 5.41) is 12.8. The van der Waals surface area contributed by atoms with Crippen molar-refractivity contribution in [1.82, 2.24) is 9.21 Å². The van der Waals surface area contributed by atoms with Crippen LogP contribution in [0, 0.1) is 5.92 Å². The summed E-state index contributed by atoms with van der Waals surface area (Å²) in [6.07, 6.45) is -0.563. The second-order valence-electron chi connectivity index (χ2n) is 10.1. The highest BCUT2D eigenvalue weighted by molar-refractivity contribution is 7.89. The summed E-state index contributed by atoms with van der Waals surface area (Å²) in [6.45, 7) is 3.48. The van der Waals surface area contributed by atoms with E-state index in [2.05, 4.69) is 5.32 Å². The van der Waals surface area contributed by atoms with Gasteiger partial charge in [0.1, 0.15) is 28.2 Å². The Bertz CT molecular complexity index is 1480. The number of hydrogen-bond acceptors (Lipinski definition) is 7. The number of aliphatic hydroxyl groups excluding tert-OH is 1. The fourth-order valence-electron chi connectivity index (χ4n) is 4.77. The summed E-state index contributed by atoms with van der Waals surface area (Å²) in [6, 6.07) is 18.4. The summed E-state index contributed by atoms with van der Waals surface area (Å²) in [5.74, 6) is 1.09. The highest BCUT2D eigenvalue weighted by atomic mass is 32.2. The number of carbonyl (C=O) groups is 1. The first-order chi connectivity index (χ1) is 19.6. The van der Waals surface area contributed by atoms with Gasteiger partial charge in [-0.2, -0.15) is 4.31 Å². The van der Waals surface area contributed by atoms with Crippen molar-refractivity contribution in [1.29, 1.82) is 0 Å². The molecule has 1 aliphatic heterocycles. The third kappa shape index (κ3) is 6.58. The van der Waals surface area contributed by atoms with E-state index < -0.39 is 22.2 Å². The van der Waals surface area contributed by atoms with Crippen molar-refractivity contribution < 1.29 is 32.5 Å². The largest absolute Gasteiger partial charge is 0.497 e. The summed E-state index contributed by atoms with van der Waals surface area (Å²) < 4.78 is 46.1. The van der Waals surface area contributed by atoms with Gasteiger partial charge in [-0.15, -0.1) is 0 Å². The van der Waals surface area contributed by atoms with Crippen molar-refractivity contribution in [3.63, 3.8) is 0 Å². The van der Waals surface area contributed by atoms with Crippen molar-refractivity contribution in [2.75, 3.05) is 46.3 Å². The van der Waals surface area contributed by atoms with Gasteiger partial charge >= 0.3 is 6.03 Å². The Morgan fingerprint density at radius 3 is 2.59 bits per heavy atom. The molecule has 4 rings (SSSR count). The molecular weight excluding hydrogens is 546 g/mol. The maximum Gasteiger partial charge on any atom is 0.321 e. The number of rotatable bonds is 8. The predicted molar refractivity (Wildman–Crippen MR) is 157 cm³/mol. The lowest BCUT2D eigenvalue weighted by molar-refractivity contribution is 0.0830. The molecule has 0 aromatic heterocycles. The molecule has 0 fully saturated rings. The van der Waals surface area contributed by atoms with Crippen LogP contribution in [0.4, 0.5) is 10.5 Å². The summed E-state index contributed by atoms with van der Waals surface area (Å²) in [7, 11) is 0.779. The summed E-state index contributed by atoms with van der Waals surface area (Å²) in [5.41, 5.74) is 2.07. The molecule has 41 heavy (non-hydrogen) atoms. The number of benzene rings is 3. The number of urea groups is 1. The van der Waals surface area contributed by atoms with Crippen molar-refractivity contribution in [2.24, 2.45) is 5.92 Å². The number of carbonyl (C=O) groups excluding carboxylic acids is 1. The molecule has 1 heterocycles. The maximum absolute atomic E-state index is 13.8. The lowest BCUT2D eigenvalue weighted by Gasteiger charge is -2.37. The zero-order valence-corrected chi connectivity index (χ0v) is 24.7. The highest BCUT2D eigenvalue weighted by Gasteiger charge is 2.38. The van der Waals surface area contributed by atoms with Crippen LogP contribution in [0.25, 0.3) is 11.1 Å². The van der Waals surface area contributed by atoms with Gasteiger partial charge in [-0.1, -0.05) is 37.3 Å². The van der Waals surface area contributed by atoms with Crippen LogP contribution in [0.3, 0.4) is 0 Å². The number of para-hydroxylation sites is 1. The molecule has 10 nitrogen and oxygen atoms in total. The molecule has 2 N–H and O–H groups in total. The number of anilines is 1. The minimum atomic E-state index is -4.00. The van der Waals surface area contributed by atoms with E-state index in [-0.39, 0.29) is 42.3 Å². The fourth-order valence-corrected chi connectivity index (χ4v) is 6.59. The number of nitrogens with one attached hydrogen (secondary N) is 1. The SMILES string of the molecule is COc1cccc(NC(=O)N(C)C[C@@H]2Oc3cc(-c4ccccc4OC)ccc3S(=O)(=O)N([C@@H](C)CO)C[C@H]2C)c1. The van der Waals surface area contributed by atoms with Crippen LogP contribution >= 0.6 is 0 Å². The van der Waals surface area contributed by atoms with Gasteiger partial charge in [0.25, 0.3) is 0 Å². The van der Waals surface area contributed by atoms with Gasteiger partial charge < -0.3 is 29.5 Å². The number of likely N-dealkylation sites (N-methyl/N-ethyl adjacent to an activating group) is 1. The smallest absolute Gasteiger partial charge is 0.321 e. The van der Waals surface area contributed by atoms with Gasteiger partial charge in [0.05, 0.1) is 27.4 Å². The molecule has 3 aromatic carbocycles. The van der Waals surface area contributed by atoms with Crippen LogP contribution in [-0.2, 0) is 10.0 Å². The second-order valence-corrected chi connectivity index (χ2v) is 12.0. The molecule has 0 saturated heterocycles. The average Bonchev–Trinajstić information content (AvgIpc) is 2.98. The molecule has 220 valence electrons. The molecule has 0 bridgehead atoms. The zero-order chi connectivity index (χ0) is 29.7. The van der Waals surface area contributed by atoms with Gasteiger partial charge in [0.2, 0.25) is 10.0 Å². The normalized spacial score (nSPS) is 19.1. The Balaban J connectivity index is 1.70. The highest BCUT2D eigenvalue weighted by Crippen LogP contribution is 2.38. The lowest BCUT2D eigenvalue weighted by atomic mass is 10.0. The summed E-state index contributed by atoms with van der Waals surface area (Å²) in [4.78, 5) is 14.6. The standard InChI is InChI=1S/C30H37N3O7S/c1-20-17-33(21(2)19-34)41(36,37)29-14-13-22(25-11-6-7-12-26(25)39-5)15-27(29)40-28(20)18-32(3)30(35)31-23-9-8-10-24(16-23)38-4/h6-16,20-21,28,34H,17-19H2,1-5H3,(H,31,35)/t20-,21+,28+/m1/s1. The van der Waals surface area contributed by atoms with Gasteiger partial charge in [0.15, 0.2) is 0 Å². The van der Waals surface area contributed by atoms with E-state index in [1.54, 1.807) is 64.6 Å². The Kier molecular flexibility index (Phi) is 9.42. The number of methoxy groups -OCH3 is 2. The molecule has 0 saturated carbocycles. The first-order valence-electron chi connectivity index (χ1n) is 13.3. The Hall–Kier alpha value is -3.80. The number of fused-ring (bicyclic) bond motifs is 1. The monoisotopic (exact) mass is 583 g/mol. The molecular formula is C30H37N3O7S. The topological polar surface area (TPSA) is 118 Å². The minimum absolute atomic E-state index is 0.00293. The molecule has 0 aliphatic carbocycles. The van der Waals surface area contributed by atoms with Crippen molar-refractivity contribution in [3.05, 3.63) is 66.7 Å². The Morgan fingerprint density at radius 1 is 1.12 bits per heavy atom. The van der Waals surface area contributed by atoms with Crippen molar-refractivity contribution in [2.45, 2.75) is 30.9 Å². The molecule has 11 heteroatoms. The van der Waals surface area contributed by atoms with Crippen LogP contribution in [0.1, 0.15) is 13.8 Å². The van der Waals surface area contributed by atoms with E-state index in [4.69, 9.17) is 14.2 Å². The van der Waals surface area contributed by atoms with Gasteiger partial charge in [-0.3, -0.25) is 0 Å². The van der Waals surface area contributed by atoms with E-state index in [0.717, 1.165) is 5.56 Å². The first kappa shape index (κ1) is 30.2. The maximum atomic E-state index is 13.8. The number of nitrogens with zero attached hydrogens (tertiary/aromatic N) is 2. The predicted octanol–water partition coefficient (Wildman–Crippen LogP) is 4.30. The number of sulfonamides is 1. The van der Waals surface area contributed by atoms with Gasteiger partial charge in [0, 0.05) is 42.9 Å². The van der Waals surface area contributed by atoms with Crippen LogP contribution < -0.4 is 19.5 Å². The van der Waals surface area contributed by atoms with Gasteiger partial charge in [-0.05, 0) is 42.8 Å². The van der Waals surface area contributed by atoms with E-state index in [9.17, 15) is 18.3 Å². The number of ether oxygens (including phenoxy) is 3. The minimum Gasteiger partial charge on any atom is -0.497 e. The zero-order valence-electron chi connectivity index (χ0n) is 23.9. The third-order valence-corrected chi connectivity index (χ3v) is 9.23. The Morgan fingerprint density at radius 2 is 1.88 bits per heavy atom. The molecule has 3 aromatic rings. The van der Waals surface area contributed by atoms with Crippen LogP contribution in [-0.4, -0.2) is 81.9 Å². The molecule has 2 amide bonds. The summed E-state index contributed by atoms with van der Waals surface area (Å²) >= 11 is 0. The number of hydrogen-bond donors (Lipinski definition) is 2.